The van der Waals surface area contributed by atoms with Crippen molar-refractivity contribution in [3.63, 3.8) is 0 Å². The van der Waals surface area contributed by atoms with E-state index in [1.807, 2.05) is 0 Å². The van der Waals surface area contributed by atoms with Crippen LogP contribution < -0.4 is 0 Å². The summed E-state index contributed by atoms with van der Waals surface area (Å²) in [5.74, 6) is 1.11. The fourth-order valence-electron chi connectivity index (χ4n) is 1.35. The second-order valence-electron chi connectivity index (χ2n) is 2.97. The molecule has 0 saturated heterocycles. The molecule has 68 valence electrons. The highest BCUT2D eigenvalue weighted by molar-refractivity contribution is 5.24. The van der Waals surface area contributed by atoms with E-state index in [0.29, 0.717) is 0 Å². The van der Waals surface area contributed by atoms with Crippen molar-refractivity contribution in [3.05, 3.63) is 23.6 Å². The predicted octanol–water partition coefficient (Wildman–Crippen LogP) is 2.15. The molecule has 1 aliphatic carbocycles. The van der Waals surface area contributed by atoms with Crippen molar-refractivity contribution in [2.45, 2.75) is 19.8 Å². The largest absolute Gasteiger partial charge is 0.499 e. The average molecular weight is 167 g/mol. The van der Waals surface area contributed by atoms with Crippen LogP contribution in [0.15, 0.2) is 23.6 Å². The molecule has 0 aromatic heterocycles. The minimum Gasteiger partial charge on any atom is -0.499 e. The van der Waals surface area contributed by atoms with E-state index in [1.54, 1.807) is 7.11 Å². The standard InChI is InChI=1S/C10H17NO/c1-4-11(2)9-7-5-6-8-10(9)12-3/h5,7H,4,6,8H2,1-3H3. The third-order valence-electron chi connectivity index (χ3n) is 2.23. The maximum Gasteiger partial charge on any atom is 0.119 e. The Hall–Kier alpha value is -0.920. The summed E-state index contributed by atoms with van der Waals surface area (Å²) >= 11 is 0. The number of rotatable bonds is 3. The van der Waals surface area contributed by atoms with Crippen LogP contribution in [0.5, 0.6) is 0 Å². The van der Waals surface area contributed by atoms with Crippen molar-refractivity contribution in [2.24, 2.45) is 0 Å². The molecule has 0 heterocycles. The topological polar surface area (TPSA) is 12.5 Å². The Morgan fingerprint density at radius 2 is 2.33 bits per heavy atom. The summed E-state index contributed by atoms with van der Waals surface area (Å²) in [6, 6.07) is 0. The normalized spacial score (nSPS) is 16.6. The van der Waals surface area contributed by atoms with Gasteiger partial charge in [-0.25, -0.2) is 0 Å². The number of ether oxygens (including phenoxy) is 1. The number of nitrogens with zero attached hydrogens (tertiary/aromatic N) is 1. The maximum atomic E-state index is 5.31. The molecule has 2 heteroatoms. The van der Waals surface area contributed by atoms with Crippen LogP contribution in [0, 0.1) is 0 Å². The molecule has 0 saturated carbocycles. The van der Waals surface area contributed by atoms with Crippen molar-refractivity contribution >= 4 is 0 Å². The monoisotopic (exact) mass is 167 g/mol. The fourth-order valence-corrected chi connectivity index (χ4v) is 1.35. The summed E-state index contributed by atoms with van der Waals surface area (Å²) in [5.41, 5.74) is 1.23. The van der Waals surface area contributed by atoms with E-state index in [2.05, 4.69) is 31.0 Å². The molecule has 0 bridgehead atoms. The molecule has 0 aromatic carbocycles. The first kappa shape index (κ1) is 9.17. The van der Waals surface area contributed by atoms with Gasteiger partial charge in [-0.3, -0.25) is 0 Å². The molecule has 0 amide bonds. The Kier molecular flexibility index (Phi) is 3.20. The van der Waals surface area contributed by atoms with Gasteiger partial charge in [-0.15, -0.1) is 0 Å². The highest BCUT2D eigenvalue weighted by Crippen LogP contribution is 2.21. The van der Waals surface area contributed by atoms with E-state index in [4.69, 9.17) is 4.74 Å². The molecule has 1 aliphatic rings. The lowest BCUT2D eigenvalue weighted by Gasteiger charge is -2.23. The van der Waals surface area contributed by atoms with E-state index < -0.39 is 0 Å². The summed E-state index contributed by atoms with van der Waals surface area (Å²) in [6.07, 6.45) is 6.48. The van der Waals surface area contributed by atoms with Crippen LogP contribution >= 0.6 is 0 Å². The van der Waals surface area contributed by atoms with Gasteiger partial charge in [0.05, 0.1) is 12.8 Å². The molecule has 0 aliphatic heterocycles. The number of methoxy groups -OCH3 is 1. The van der Waals surface area contributed by atoms with E-state index >= 15 is 0 Å². The maximum absolute atomic E-state index is 5.31. The Balaban J connectivity index is 2.80. The molecule has 2 nitrogen and oxygen atoms in total. The first-order valence-electron chi connectivity index (χ1n) is 4.44. The molecule has 0 N–H and O–H groups in total. The lowest BCUT2D eigenvalue weighted by molar-refractivity contribution is 0.255. The van der Waals surface area contributed by atoms with Crippen LogP contribution in [-0.2, 0) is 4.74 Å². The Bertz CT molecular complexity index is 206. The Labute approximate surface area is 74.5 Å². The predicted molar refractivity (Wildman–Crippen MR) is 50.7 cm³/mol. The summed E-state index contributed by atoms with van der Waals surface area (Å²) in [7, 11) is 3.84. The van der Waals surface area contributed by atoms with Crippen molar-refractivity contribution in [1.82, 2.24) is 4.90 Å². The molecule has 0 radical (unpaired) electrons. The quantitative estimate of drug-likeness (QED) is 0.638. The molecule has 0 spiro atoms. The van der Waals surface area contributed by atoms with Crippen LogP contribution in [0.25, 0.3) is 0 Å². The van der Waals surface area contributed by atoms with Gasteiger partial charge in [-0.05, 0) is 19.4 Å². The van der Waals surface area contributed by atoms with Crippen molar-refractivity contribution in [3.8, 4) is 0 Å². The first-order valence-corrected chi connectivity index (χ1v) is 4.44. The van der Waals surface area contributed by atoms with E-state index in [0.717, 1.165) is 25.1 Å². The van der Waals surface area contributed by atoms with Gasteiger partial charge in [-0.1, -0.05) is 6.08 Å². The molecule has 12 heavy (non-hydrogen) atoms. The smallest absolute Gasteiger partial charge is 0.119 e. The van der Waals surface area contributed by atoms with Gasteiger partial charge in [0, 0.05) is 20.0 Å². The molecular formula is C10H17NO. The zero-order chi connectivity index (χ0) is 8.97. The first-order chi connectivity index (χ1) is 5.79. The van der Waals surface area contributed by atoms with Gasteiger partial charge in [0.2, 0.25) is 0 Å². The third-order valence-corrected chi connectivity index (χ3v) is 2.23. The molecule has 1 rings (SSSR count). The van der Waals surface area contributed by atoms with Crippen molar-refractivity contribution < 1.29 is 4.74 Å². The molecular weight excluding hydrogens is 150 g/mol. The van der Waals surface area contributed by atoms with Crippen LogP contribution in [0.3, 0.4) is 0 Å². The van der Waals surface area contributed by atoms with Crippen LogP contribution in [0.1, 0.15) is 19.8 Å². The molecule has 0 unspecified atom stereocenters. The third kappa shape index (κ3) is 1.81. The summed E-state index contributed by atoms with van der Waals surface area (Å²) in [4.78, 5) is 2.20. The van der Waals surface area contributed by atoms with E-state index in [-0.39, 0.29) is 0 Å². The number of hydrogen-bond donors (Lipinski definition) is 0. The zero-order valence-corrected chi connectivity index (χ0v) is 8.13. The molecule has 0 aromatic rings. The van der Waals surface area contributed by atoms with Gasteiger partial charge in [-0.2, -0.15) is 0 Å². The average Bonchev–Trinajstić information content (AvgIpc) is 2.16. The highest BCUT2D eigenvalue weighted by atomic mass is 16.5. The highest BCUT2D eigenvalue weighted by Gasteiger charge is 2.10. The number of likely N-dealkylation sites (N-methyl/N-ethyl adjacent to an activating group) is 1. The Morgan fingerprint density at radius 3 is 2.92 bits per heavy atom. The SMILES string of the molecule is CCN(C)C1=C(OC)CCC=C1. The Morgan fingerprint density at radius 1 is 1.58 bits per heavy atom. The fraction of sp³-hybridized carbons (Fsp3) is 0.600. The van der Waals surface area contributed by atoms with Crippen LogP contribution in [0.4, 0.5) is 0 Å². The van der Waals surface area contributed by atoms with Crippen molar-refractivity contribution in [1.29, 1.82) is 0 Å². The second-order valence-corrected chi connectivity index (χ2v) is 2.97. The second kappa shape index (κ2) is 4.19. The zero-order valence-electron chi connectivity index (χ0n) is 8.13. The van der Waals surface area contributed by atoms with Gasteiger partial charge in [0.1, 0.15) is 5.76 Å². The van der Waals surface area contributed by atoms with Gasteiger partial charge < -0.3 is 9.64 Å². The summed E-state index contributed by atoms with van der Waals surface area (Å²) in [5, 5.41) is 0. The summed E-state index contributed by atoms with van der Waals surface area (Å²) < 4.78 is 5.31. The van der Waals surface area contributed by atoms with Crippen molar-refractivity contribution in [2.75, 3.05) is 20.7 Å². The van der Waals surface area contributed by atoms with Gasteiger partial charge in [0.15, 0.2) is 0 Å². The van der Waals surface area contributed by atoms with E-state index in [9.17, 15) is 0 Å². The number of hydrogen-bond acceptors (Lipinski definition) is 2. The lowest BCUT2D eigenvalue weighted by atomic mass is 10.1. The minimum atomic E-state index is 1.02. The number of allylic oxidation sites excluding steroid dienone is 3. The van der Waals surface area contributed by atoms with E-state index in [1.165, 1.54) is 5.70 Å². The minimum absolute atomic E-state index is 1.02. The van der Waals surface area contributed by atoms with Gasteiger partial charge in [0.25, 0.3) is 0 Å². The summed E-state index contributed by atoms with van der Waals surface area (Å²) in [6.45, 7) is 3.16. The van der Waals surface area contributed by atoms with Crippen LogP contribution in [-0.4, -0.2) is 25.6 Å². The molecule has 0 atom stereocenters. The lowest BCUT2D eigenvalue weighted by Crippen LogP contribution is -2.19. The van der Waals surface area contributed by atoms with Gasteiger partial charge >= 0.3 is 0 Å². The van der Waals surface area contributed by atoms with Crippen LogP contribution in [0.2, 0.25) is 0 Å². The molecule has 0 fully saturated rings.